The maximum Gasteiger partial charge on any atom is 0.261 e. The number of likely N-dealkylation sites (tertiary alicyclic amines) is 1. The number of aromatic nitrogens is 2. The zero-order valence-corrected chi connectivity index (χ0v) is 11.9. The van der Waals surface area contributed by atoms with Gasteiger partial charge in [0.25, 0.3) is 5.56 Å². The Bertz CT molecular complexity index is 761. The van der Waals surface area contributed by atoms with Crippen LogP contribution in [0.2, 0.25) is 0 Å². The minimum atomic E-state index is -1.13. The van der Waals surface area contributed by atoms with E-state index in [0.29, 0.717) is 10.9 Å². The normalized spacial score (nSPS) is 21.5. The number of fused-ring (bicyclic) bond motifs is 1. The van der Waals surface area contributed by atoms with Crippen molar-refractivity contribution in [2.24, 2.45) is 0 Å². The van der Waals surface area contributed by atoms with Gasteiger partial charge < -0.3 is 10.0 Å². The molecule has 1 amide bonds. The number of carbonyl (C=O) groups is 1. The molecule has 116 valence electrons. The van der Waals surface area contributed by atoms with Crippen LogP contribution in [0.1, 0.15) is 6.42 Å². The van der Waals surface area contributed by atoms with Crippen LogP contribution in [-0.2, 0) is 11.3 Å². The van der Waals surface area contributed by atoms with Crippen molar-refractivity contribution in [2.75, 3.05) is 13.2 Å². The van der Waals surface area contributed by atoms with Gasteiger partial charge in [-0.3, -0.25) is 14.2 Å². The first kappa shape index (κ1) is 14.6. The van der Waals surface area contributed by atoms with Crippen LogP contribution in [0.3, 0.4) is 0 Å². The van der Waals surface area contributed by atoms with Crippen molar-refractivity contribution >= 4 is 16.8 Å². The van der Waals surface area contributed by atoms with Crippen LogP contribution in [0, 0.1) is 0 Å². The average Bonchev–Trinajstić information content (AvgIpc) is 2.91. The standard InChI is InChI=1S/C15H16FN3O3/c16-10-5-11(8-20)19(6-10)14(21)7-18-9-17-13-4-2-1-3-12(13)15(18)22/h1-4,9-11,20H,5-8H2/t10-,11-/m0/s1. The van der Waals surface area contributed by atoms with Crippen molar-refractivity contribution in [3.63, 3.8) is 0 Å². The topological polar surface area (TPSA) is 75.4 Å². The summed E-state index contributed by atoms with van der Waals surface area (Å²) >= 11 is 0. The Labute approximate surface area is 125 Å². The van der Waals surface area contributed by atoms with E-state index in [0.717, 1.165) is 0 Å². The van der Waals surface area contributed by atoms with Crippen LogP contribution >= 0.6 is 0 Å². The highest BCUT2D eigenvalue weighted by Crippen LogP contribution is 2.20. The number of amides is 1. The number of nitrogens with zero attached hydrogens (tertiary/aromatic N) is 3. The summed E-state index contributed by atoms with van der Waals surface area (Å²) < 4.78 is 14.6. The maximum atomic E-state index is 13.4. The minimum Gasteiger partial charge on any atom is -0.394 e. The summed E-state index contributed by atoms with van der Waals surface area (Å²) in [6.45, 7) is -0.531. The summed E-state index contributed by atoms with van der Waals surface area (Å²) in [7, 11) is 0. The molecule has 0 unspecified atom stereocenters. The average molecular weight is 305 g/mol. The third-order valence-electron chi connectivity index (χ3n) is 3.93. The number of aliphatic hydroxyl groups is 1. The molecule has 1 aromatic carbocycles. The van der Waals surface area contributed by atoms with Gasteiger partial charge in [0, 0.05) is 6.42 Å². The van der Waals surface area contributed by atoms with Gasteiger partial charge in [-0.2, -0.15) is 0 Å². The second kappa shape index (κ2) is 5.84. The number of halogens is 1. The van der Waals surface area contributed by atoms with Gasteiger partial charge >= 0.3 is 0 Å². The molecule has 1 aliphatic heterocycles. The Hall–Kier alpha value is -2.28. The summed E-state index contributed by atoms with van der Waals surface area (Å²) in [4.78, 5) is 30.0. The van der Waals surface area contributed by atoms with E-state index in [9.17, 15) is 19.1 Å². The van der Waals surface area contributed by atoms with Gasteiger partial charge in [0.1, 0.15) is 12.7 Å². The molecule has 0 bridgehead atoms. The minimum absolute atomic E-state index is 0.0418. The van der Waals surface area contributed by atoms with Crippen LogP contribution < -0.4 is 5.56 Å². The second-order valence-electron chi connectivity index (χ2n) is 5.41. The molecule has 6 nitrogen and oxygen atoms in total. The van der Waals surface area contributed by atoms with Crippen LogP contribution in [0.15, 0.2) is 35.4 Å². The van der Waals surface area contributed by atoms with E-state index in [1.165, 1.54) is 15.8 Å². The van der Waals surface area contributed by atoms with Crippen LogP contribution in [0.4, 0.5) is 4.39 Å². The van der Waals surface area contributed by atoms with Gasteiger partial charge in [0.05, 0.1) is 36.4 Å². The molecular weight excluding hydrogens is 289 g/mol. The van der Waals surface area contributed by atoms with Gasteiger partial charge in [-0.25, -0.2) is 9.37 Å². The van der Waals surface area contributed by atoms with Crippen molar-refractivity contribution < 1.29 is 14.3 Å². The van der Waals surface area contributed by atoms with Crippen molar-refractivity contribution in [3.8, 4) is 0 Å². The molecule has 1 aliphatic rings. The summed E-state index contributed by atoms with van der Waals surface area (Å²) in [6, 6.07) is 6.36. The predicted molar refractivity (Wildman–Crippen MR) is 78.1 cm³/mol. The van der Waals surface area contributed by atoms with Gasteiger partial charge in [-0.15, -0.1) is 0 Å². The third kappa shape index (κ3) is 2.59. The van der Waals surface area contributed by atoms with Gasteiger partial charge in [-0.05, 0) is 12.1 Å². The van der Waals surface area contributed by atoms with Crippen LogP contribution in [-0.4, -0.2) is 50.8 Å². The molecule has 1 N–H and O–H groups in total. The Morgan fingerprint density at radius 1 is 1.41 bits per heavy atom. The van der Waals surface area contributed by atoms with E-state index in [1.54, 1.807) is 24.3 Å². The number of alkyl halides is 1. The molecule has 0 spiro atoms. The fraction of sp³-hybridized carbons (Fsp3) is 0.400. The quantitative estimate of drug-likeness (QED) is 0.886. The summed E-state index contributed by atoms with van der Waals surface area (Å²) in [5.41, 5.74) is 0.255. The van der Waals surface area contributed by atoms with Crippen molar-refractivity contribution in [1.82, 2.24) is 14.5 Å². The summed E-state index contributed by atoms with van der Waals surface area (Å²) in [6.07, 6.45) is 0.319. The van der Waals surface area contributed by atoms with Gasteiger partial charge in [0.2, 0.25) is 5.91 Å². The van der Waals surface area contributed by atoms with Gasteiger partial charge in [-0.1, -0.05) is 12.1 Å². The van der Waals surface area contributed by atoms with Gasteiger partial charge in [0.15, 0.2) is 0 Å². The number of carbonyl (C=O) groups excluding carboxylic acids is 1. The van der Waals surface area contributed by atoms with Crippen LogP contribution in [0.5, 0.6) is 0 Å². The van der Waals surface area contributed by atoms with E-state index in [1.807, 2.05) is 0 Å². The van der Waals surface area contributed by atoms with E-state index in [-0.39, 0.29) is 31.7 Å². The monoisotopic (exact) mass is 305 g/mol. The lowest BCUT2D eigenvalue weighted by Gasteiger charge is -2.22. The summed E-state index contributed by atoms with van der Waals surface area (Å²) in [5, 5.41) is 9.66. The Kier molecular flexibility index (Phi) is 3.89. The highest BCUT2D eigenvalue weighted by atomic mass is 19.1. The lowest BCUT2D eigenvalue weighted by Crippen LogP contribution is -2.41. The number of para-hydroxylation sites is 1. The van der Waals surface area contributed by atoms with E-state index in [2.05, 4.69) is 4.98 Å². The first-order chi connectivity index (χ1) is 10.6. The first-order valence-corrected chi connectivity index (χ1v) is 7.08. The highest BCUT2D eigenvalue weighted by molar-refractivity contribution is 5.79. The van der Waals surface area contributed by atoms with Crippen LogP contribution in [0.25, 0.3) is 10.9 Å². The van der Waals surface area contributed by atoms with E-state index >= 15 is 0 Å². The molecule has 7 heteroatoms. The molecule has 1 aromatic heterocycles. The SMILES string of the molecule is O=C(Cn1cnc2ccccc2c1=O)N1C[C@@H](F)C[C@H]1CO. The number of hydrogen-bond donors (Lipinski definition) is 1. The number of rotatable bonds is 3. The molecule has 22 heavy (non-hydrogen) atoms. The Morgan fingerprint density at radius 2 is 2.18 bits per heavy atom. The number of hydrogen-bond acceptors (Lipinski definition) is 4. The first-order valence-electron chi connectivity index (χ1n) is 7.08. The molecule has 3 rings (SSSR count). The van der Waals surface area contributed by atoms with E-state index < -0.39 is 18.1 Å². The molecule has 1 saturated heterocycles. The molecule has 2 heterocycles. The maximum absolute atomic E-state index is 13.4. The van der Waals surface area contributed by atoms with Crippen molar-refractivity contribution in [1.29, 1.82) is 0 Å². The van der Waals surface area contributed by atoms with E-state index in [4.69, 9.17) is 0 Å². The third-order valence-corrected chi connectivity index (χ3v) is 3.93. The second-order valence-corrected chi connectivity index (χ2v) is 5.41. The fourth-order valence-electron chi connectivity index (χ4n) is 2.79. The molecule has 0 radical (unpaired) electrons. The molecule has 1 fully saturated rings. The Morgan fingerprint density at radius 3 is 2.95 bits per heavy atom. The zero-order valence-electron chi connectivity index (χ0n) is 11.9. The fourth-order valence-corrected chi connectivity index (χ4v) is 2.79. The number of aliphatic hydroxyl groups excluding tert-OH is 1. The summed E-state index contributed by atoms with van der Waals surface area (Å²) in [5.74, 6) is -0.390. The molecule has 2 aromatic rings. The zero-order chi connectivity index (χ0) is 15.7. The number of benzene rings is 1. The van der Waals surface area contributed by atoms with Crippen molar-refractivity contribution in [2.45, 2.75) is 25.2 Å². The predicted octanol–water partition coefficient (Wildman–Crippen LogP) is 0.328. The largest absolute Gasteiger partial charge is 0.394 e. The van der Waals surface area contributed by atoms with Crippen molar-refractivity contribution in [3.05, 3.63) is 40.9 Å². The smallest absolute Gasteiger partial charge is 0.261 e. The molecule has 0 aliphatic carbocycles. The molecule has 0 saturated carbocycles. The Balaban J connectivity index is 1.85. The lowest BCUT2D eigenvalue weighted by atomic mass is 10.2. The molecule has 2 atom stereocenters. The lowest BCUT2D eigenvalue weighted by molar-refractivity contribution is -0.133. The molecular formula is C15H16FN3O3. The highest BCUT2D eigenvalue weighted by Gasteiger charge is 2.34.